The lowest BCUT2D eigenvalue weighted by atomic mass is 10.1. The third-order valence-electron chi connectivity index (χ3n) is 2.95. The van der Waals surface area contributed by atoms with E-state index in [4.69, 9.17) is 6.42 Å². The lowest BCUT2D eigenvalue weighted by Gasteiger charge is -2.16. The molecule has 0 radical (unpaired) electrons. The summed E-state index contributed by atoms with van der Waals surface area (Å²) in [5.74, 6) is 1.92. The Morgan fingerprint density at radius 2 is 1.86 bits per heavy atom. The van der Waals surface area contributed by atoms with Gasteiger partial charge in [0.25, 0.3) is 5.56 Å². The molecule has 0 N–H and O–H groups in total. The van der Waals surface area contributed by atoms with Gasteiger partial charge in [0.2, 0.25) is 0 Å². The van der Waals surface area contributed by atoms with Gasteiger partial charge in [-0.05, 0) is 0 Å². The van der Waals surface area contributed by atoms with Gasteiger partial charge in [0.15, 0.2) is 5.69 Å². The average Bonchev–Trinajstić information content (AvgIpc) is 2.48. The van der Waals surface area contributed by atoms with Crippen molar-refractivity contribution < 1.29 is 17.6 Å². The zero-order valence-electron chi connectivity index (χ0n) is 11.2. The molecule has 0 saturated carbocycles. The predicted molar refractivity (Wildman–Crippen MR) is 72.6 cm³/mol. The first kappa shape index (κ1) is 15.8. The van der Waals surface area contributed by atoms with Crippen LogP contribution >= 0.6 is 0 Å². The van der Waals surface area contributed by atoms with Crippen molar-refractivity contribution in [2.45, 2.75) is 19.4 Å². The Morgan fingerprint density at radius 3 is 2.36 bits per heavy atom. The van der Waals surface area contributed by atoms with Crippen molar-refractivity contribution in [3.8, 4) is 23.7 Å². The molecular formula is C15H10F4N2O. The normalized spacial score (nSPS) is 11.2. The minimum Gasteiger partial charge on any atom is -0.280 e. The van der Waals surface area contributed by atoms with Gasteiger partial charge in [-0.25, -0.2) is 9.37 Å². The molecule has 2 rings (SSSR count). The lowest BCUT2D eigenvalue weighted by molar-refractivity contribution is -0.142. The van der Waals surface area contributed by atoms with E-state index in [-0.39, 0.29) is 17.9 Å². The fraction of sp³-hybridized carbons (Fsp3) is 0.200. The Balaban J connectivity index is 2.85. The number of rotatable bonds is 3. The Kier molecular flexibility index (Phi) is 4.31. The standard InChI is InChI=1S/C15H10F4N2O/c1-2-8-21-13(10-6-4-3-5-7-10)20-12(15(17,18)19)11(9-16)14(21)22/h1,3-7H,8-9H2. The van der Waals surface area contributed by atoms with Gasteiger partial charge in [-0.2, -0.15) is 13.2 Å². The van der Waals surface area contributed by atoms with Gasteiger partial charge in [-0.15, -0.1) is 6.42 Å². The Bertz CT molecular complexity index is 773. The van der Waals surface area contributed by atoms with Gasteiger partial charge < -0.3 is 0 Å². The van der Waals surface area contributed by atoms with Gasteiger partial charge in [0.1, 0.15) is 12.5 Å². The smallest absolute Gasteiger partial charge is 0.280 e. The molecule has 0 saturated heterocycles. The molecule has 0 aliphatic heterocycles. The molecule has 3 nitrogen and oxygen atoms in total. The fourth-order valence-electron chi connectivity index (χ4n) is 1.99. The van der Waals surface area contributed by atoms with Crippen molar-refractivity contribution in [3.63, 3.8) is 0 Å². The molecule has 1 aromatic heterocycles. The van der Waals surface area contributed by atoms with Gasteiger partial charge in [-0.3, -0.25) is 9.36 Å². The summed E-state index contributed by atoms with van der Waals surface area (Å²) < 4.78 is 52.8. The van der Waals surface area contributed by atoms with Crippen LogP contribution in [-0.4, -0.2) is 9.55 Å². The maximum Gasteiger partial charge on any atom is 0.434 e. The van der Waals surface area contributed by atoms with E-state index in [2.05, 4.69) is 10.9 Å². The minimum absolute atomic E-state index is 0.243. The zero-order chi connectivity index (χ0) is 16.3. The fourth-order valence-corrected chi connectivity index (χ4v) is 1.99. The summed E-state index contributed by atoms with van der Waals surface area (Å²) in [7, 11) is 0. The van der Waals surface area contributed by atoms with E-state index in [9.17, 15) is 22.4 Å². The van der Waals surface area contributed by atoms with Crippen LogP contribution in [0.2, 0.25) is 0 Å². The van der Waals surface area contributed by atoms with E-state index in [1.54, 1.807) is 18.2 Å². The SMILES string of the molecule is C#CCn1c(-c2ccccc2)nc(C(F)(F)F)c(CF)c1=O. The summed E-state index contributed by atoms with van der Waals surface area (Å²) in [6, 6.07) is 7.80. The van der Waals surface area contributed by atoms with Crippen molar-refractivity contribution >= 4 is 0 Å². The summed E-state index contributed by atoms with van der Waals surface area (Å²) in [6.07, 6.45) is 0.207. The van der Waals surface area contributed by atoms with E-state index in [1.807, 2.05) is 0 Å². The number of hydrogen-bond donors (Lipinski definition) is 0. The molecular weight excluding hydrogens is 300 g/mol. The maximum atomic E-state index is 13.0. The van der Waals surface area contributed by atoms with Crippen LogP contribution in [0.3, 0.4) is 0 Å². The number of alkyl halides is 4. The highest BCUT2D eigenvalue weighted by atomic mass is 19.4. The van der Waals surface area contributed by atoms with Crippen molar-refractivity contribution in [2.75, 3.05) is 0 Å². The van der Waals surface area contributed by atoms with E-state index in [0.717, 1.165) is 4.57 Å². The third kappa shape index (κ3) is 2.86. The van der Waals surface area contributed by atoms with Crippen molar-refractivity contribution in [3.05, 3.63) is 51.9 Å². The summed E-state index contributed by atoms with van der Waals surface area (Å²) in [4.78, 5) is 15.6. The van der Waals surface area contributed by atoms with Crippen LogP contribution in [0.1, 0.15) is 11.3 Å². The molecule has 0 atom stereocenters. The summed E-state index contributed by atoms with van der Waals surface area (Å²) >= 11 is 0. The highest BCUT2D eigenvalue weighted by molar-refractivity contribution is 5.56. The molecule has 114 valence electrons. The molecule has 2 aromatic rings. The Labute approximate surface area is 123 Å². The van der Waals surface area contributed by atoms with Crippen LogP contribution in [0.5, 0.6) is 0 Å². The number of hydrogen-bond acceptors (Lipinski definition) is 2. The predicted octanol–water partition coefficient (Wildman–Crippen LogP) is 3.03. The van der Waals surface area contributed by atoms with Crippen LogP contribution in [-0.2, 0) is 19.4 Å². The van der Waals surface area contributed by atoms with Crippen molar-refractivity contribution in [2.24, 2.45) is 0 Å². The van der Waals surface area contributed by atoms with Gasteiger partial charge in [0, 0.05) is 5.56 Å². The number of benzene rings is 1. The molecule has 22 heavy (non-hydrogen) atoms. The van der Waals surface area contributed by atoms with Crippen LogP contribution in [0.25, 0.3) is 11.4 Å². The largest absolute Gasteiger partial charge is 0.434 e. The molecule has 0 amide bonds. The summed E-state index contributed by atoms with van der Waals surface area (Å²) in [5, 5.41) is 0. The first-order chi connectivity index (χ1) is 10.4. The molecule has 0 bridgehead atoms. The van der Waals surface area contributed by atoms with Gasteiger partial charge in [-0.1, -0.05) is 36.3 Å². The van der Waals surface area contributed by atoms with E-state index in [1.165, 1.54) is 12.1 Å². The molecule has 1 heterocycles. The summed E-state index contributed by atoms with van der Waals surface area (Å²) in [5.41, 5.74) is -3.40. The second-order valence-electron chi connectivity index (χ2n) is 4.36. The first-order valence-corrected chi connectivity index (χ1v) is 6.16. The van der Waals surface area contributed by atoms with Gasteiger partial charge >= 0.3 is 6.18 Å². The van der Waals surface area contributed by atoms with Gasteiger partial charge in [0.05, 0.1) is 12.1 Å². The molecule has 1 aromatic carbocycles. The number of aromatic nitrogens is 2. The molecule has 7 heteroatoms. The monoisotopic (exact) mass is 310 g/mol. The van der Waals surface area contributed by atoms with Crippen LogP contribution in [0, 0.1) is 12.3 Å². The topological polar surface area (TPSA) is 34.9 Å². The second kappa shape index (κ2) is 6.02. The average molecular weight is 310 g/mol. The third-order valence-corrected chi connectivity index (χ3v) is 2.95. The highest BCUT2D eigenvalue weighted by Gasteiger charge is 2.38. The van der Waals surface area contributed by atoms with Crippen LogP contribution in [0.4, 0.5) is 17.6 Å². The summed E-state index contributed by atoms with van der Waals surface area (Å²) in [6.45, 7) is -1.87. The molecule has 0 aliphatic rings. The minimum atomic E-state index is -4.93. The lowest BCUT2D eigenvalue weighted by Crippen LogP contribution is -2.30. The number of halogens is 4. The number of nitrogens with zero attached hydrogens (tertiary/aromatic N) is 2. The van der Waals surface area contributed by atoms with E-state index >= 15 is 0 Å². The number of terminal acetylenes is 1. The zero-order valence-corrected chi connectivity index (χ0v) is 11.2. The second-order valence-corrected chi connectivity index (χ2v) is 4.36. The van der Waals surface area contributed by atoms with Crippen molar-refractivity contribution in [1.82, 2.24) is 9.55 Å². The van der Waals surface area contributed by atoms with Crippen LogP contribution < -0.4 is 5.56 Å². The van der Waals surface area contributed by atoms with Crippen LogP contribution in [0.15, 0.2) is 35.1 Å². The Morgan fingerprint density at radius 1 is 1.23 bits per heavy atom. The maximum absolute atomic E-state index is 13.0. The quantitative estimate of drug-likeness (QED) is 0.645. The van der Waals surface area contributed by atoms with Crippen molar-refractivity contribution in [1.29, 1.82) is 0 Å². The molecule has 0 fully saturated rings. The molecule has 0 spiro atoms. The van der Waals surface area contributed by atoms with E-state index < -0.39 is 29.7 Å². The first-order valence-electron chi connectivity index (χ1n) is 6.16. The highest BCUT2D eigenvalue weighted by Crippen LogP contribution is 2.31. The Hall–Kier alpha value is -2.62. The molecule has 0 unspecified atom stereocenters. The van der Waals surface area contributed by atoms with E-state index in [0.29, 0.717) is 0 Å². The molecule has 0 aliphatic carbocycles.